The highest BCUT2D eigenvalue weighted by Gasteiger charge is 2.33. The monoisotopic (exact) mass is 358 g/mol. The Kier molecular flexibility index (Phi) is 5.46. The number of aromatic nitrogens is 1. The SMILES string of the molecule is O=C(C1CCOC1)N1CCC(COc2cccc(C(F)(F)F)n2)CC1. The molecule has 0 aromatic carbocycles. The summed E-state index contributed by atoms with van der Waals surface area (Å²) in [4.78, 5) is 17.7. The molecular formula is C17H21F3N2O3. The van der Waals surface area contributed by atoms with Crippen molar-refractivity contribution in [2.45, 2.75) is 25.4 Å². The maximum Gasteiger partial charge on any atom is 0.433 e. The summed E-state index contributed by atoms with van der Waals surface area (Å²) in [5.41, 5.74) is -0.954. The molecule has 2 saturated heterocycles. The first-order chi connectivity index (χ1) is 11.9. The number of nitrogens with zero attached hydrogens (tertiary/aromatic N) is 2. The molecule has 1 aromatic heterocycles. The van der Waals surface area contributed by atoms with Gasteiger partial charge in [-0.3, -0.25) is 4.79 Å². The second-order valence-corrected chi connectivity index (χ2v) is 6.50. The van der Waals surface area contributed by atoms with Gasteiger partial charge in [-0.05, 0) is 31.2 Å². The first-order valence-electron chi connectivity index (χ1n) is 8.47. The fraction of sp³-hybridized carbons (Fsp3) is 0.647. The molecule has 2 aliphatic rings. The molecule has 1 aromatic rings. The van der Waals surface area contributed by atoms with E-state index in [0.717, 1.165) is 25.3 Å². The summed E-state index contributed by atoms with van der Waals surface area (Å²) in [5.74, 6) is 0.315. The molecule has 25 heavy (non-hydrogen) atoms. The fourth-order valence-electron chi connectivity index (χ4n) is 3.16. The van der Waals surface area contributed by atoms with Crippen LogP contribution in [-0.4, -0.2) is 48.7 Å². The number of amides is 1. The fourth-order valence-corrected chi connectivity index (χ4v) is 3.16. The van der Waals surface area contributed by atoms with E-state index >= 15 is 0 Å². The van der Waals surface area contributed by atoms with E-state index in [2.05, 4.69) is 4.98 Å². The Bertz CT molecular complexity index is 595. The number of hydrogen-bond acceptors (Lipinski definition) is 4. The number of rotatable bonds is 4. The molecule has 8 heteroatoms. The first-order valence-corrected chi connectivity index (χ1v) is 8.47. The molecule has 0 aliphatic carbocycles. The van der Waals surface area contributed by atoms with Gasteiger partial charge in [-0.2, -0.15) is 13.2 Å². The van der Waals surface area contributed by atoms with Gasteiger partial charge in [-0.1, -0.05) is 6.07 Å². The molecule has 1 amide bonds. The zero-order valence-corrected chi connectivity index (χ0v) is 13.8. The molecule has 1 unspecified atom stereocenters. The number of halogens is 3. The summed E-state index contributed by atoms with van der Waals surface area (Å²) in [6.07, 6.45) is -2.14. The summed E-state index contributed by atoms with van der Waals surface area (Å²) in [7, 11) is 0. The molecule has 3 heterocycles. The van der Waals surface area contributed by atoms with Crippen molar-refractivity contribution < 1.29 is 27.4 Å². The number of piperidine rings is 1. The number of pyridine rings is 1. The van der Waals surface area contributed by atoms with Crippen LogP contribution >= 0.6 is 0 Å². The minimum absolute atomic E-state index is 0.0172. The molecule has 3 rings (SSSR count). The van der Waals surface area contributed by atoms with Crippen molar-refractivity contribution in [3.05, 3.63) is 23.9 Å². The molecule has 0 bridgehead atoms. The first kappa shape index (κ1) is 18.0. The van der Waals surface area contributed by atoms with E-state index < -0.39 is 11.9 Å². The van der Waals surface area contributed by atoms with Gasteiger partial charge in [0.25, 0.3) is 0 Å². The minimum atomic E-state index is -4.48. The lowest BCUT2D eigenvalue weighted by molar-refractivity contribution is -0.141. The molecule has 0 N–H and O–H groups in total. The Morgan fingerprint density at radius 1 is 1.28 bits per heavy atom. The maximum absolute atomic E-state index is 12.6. The van der Waals surface area contributed by atoms with E-state index in [0.29, 0.717) is 32.9 Å². The van der Waals surface area contributed by atoms with Crippen molar-refractivity contribution in [2.75, 3.05) is 32.9 Å². The van der Waals surface area contributed by atoms with Crippen LogP contribution in [0.25, 0.3) is 0 Å². The summed E-state index contributed by atoms with van der Waals surface area (Å²) in [6.45, 7) is 2.76. The maximum atomic E-state index is 12.6. The van der Waals surface area contributed by atoms with Gasteiger partial charge in [0, 0.05) is 25.8 Å². The number of likely N-dealkylation sites (tertiary alicyclic amines) is 1. The smallest absolute Gasteiger partial charge is 0.433 e. The summed E-state index contributed by atoms with van der Waals surface area (Å²) < 4.78 is 48.6. The quantitative estimate of drug-likeness (QED) is 0.831. The Morgan fingerprint density at radius 2 is 2.04 bits per heavy atom. The highest BCUT2D eigenvalue weighted by atomic mass is 19.4. The van der Waals surface area contributed by atoms with Crippen LogP contribution in [0.5, 0.6) is 5.88 Å². The van der Waals surface area contributed by atoms with Crippen LogP contribution in [-0.2, 0) is 15.7 Å². The minimum Gasteiger partial charge on any atom is -0.477 e. The molecule has 0 spiro atoms. The third-order valence-electron chi connectivity index (χ3n) is 4.69. The summed E-state index contributed by atoms with van der Waals surface area (Å²) >= 11 is 0. The van der Waals surface area contributed by atoms with Crippen molar-refractivity contribution >= 4 is 5.91 Å². The predicted octanol–water partition coefficient (Wildman–Crippen LogP) is 2.75. The van der Waals surface area contributed by atoms with Gasteiger partial charge in [-0.15, -0.1) is 0 Å². The number of carbonyl (C=O) groups is 1. The van der Waals surface area contributed by atoms with E-state index in [4.69, 9.17) is 9.47 Å². The lowest BCUT2D eigenvalue weighted by Crippen LogP contribution is -2.42. The Balaban J connectivity index is 1.46. The highest BCUT2D eigenvalue weighted by Crippen LogP contribution is 2.29. The van der Waals surface area contributed by atoms with Crippen molar-refractivity contribution in [2.24, 2.45) is 11.8 Å². The lowest BCUT2D eigenvalue weighted by atomic mass is 9.96. The summed E-state index contributed by atoms with van der Waals surface area (Å²) in [6, 6.07) is 3.63. The highest BCUT2D eigenvalue weighted by molar-refractivity contribution is 5.79. The second kappa shape index (κ2) is 7.59. The number of alkyl halides is 3. The number of hydrogen-bond donors (Lipinski definition) is 0. The number of carbonyl (C=O) groups excluding carboxylic acids is 1. The topological polar surface area (TPSA) is 51.7 Å². The van der Waals surface area contributed by atoms with Crippen molar-refractivity contribution in [1.82, 2.24) is 9.88 Å². The standard InChI is InChI=1S/C17H21F3N2O3/c18-17(19,20)14-2-1-3-15(21-14)25-10-12-4-7-22(8-5-12)16(23)13-6-9-24-11-13/h1-3,12-13H,4-11H2. The lowest BCUT2D eigenvalue weighted by Gasteiger charge is -2.33. The van der Waals surface area contributed by atoms with Crippen LogP contribution in [0, 0.1) is 11.8 Å². The molecule has 0 radical (unpaired) electrons. The van der Waals surface area contributed by atoms with Gasteiger partial charge in [0.05, 0.1) is 19.1 Å². The van der Waals surface area contributed by atoms with E-state index in [1.165, 1.54) is 12.1 Å². The Hall–Kier alpha value is -1.83. The van der Waals surface area contributed by atoms with E-state index in [9.17, 15) is 18.0 Å². The van der Waals surface area contributed by atoms with Gasteiger partial charge in [0.2, 0.25) is 11.8 Å². The van der Waals surface area contributed by atoms with Gasteiger partial charge >= 0.3 is 6.18 Å². The van der Waals surface area contributed by atoms with E-state index in [-0.39, 0.29) is 23.6 Å². The average Bonchev–Trinajstić information content (AvgIpc) is 3.14. The van der Waals surface area contributed by atoms with Crippen LogP contribution in [0.2, 0.25) is 0 Å². The molecule has 0 saturated carbocycles. The molecule has 1 atom stereocenters. The summed E-state index contributed by atoms with van der Waals surface area (Å²) in [5, 5.41) is 0. The van der Waals surface area contributed by atoms with Gasteiger partial charge in [-0.25, -0.2) is 4.98 Å². The van der Waals surface area contributed by atoms with Gasteiger partial charge in [0.1, 0.15) is 5.69 Å². The molecule has 5 nitrogen and oxygen atoms in total. The van der Waals surface area contributed by atoms with Crippen LogP contribution in [0.15, 0.2) is 18.2 Å². The average molecular weight is 358 g/mol. The van der Waals surface area contributed by atoms with E-state index in [1.807, 2.05) is 4.90 Å². The normalized spacial score (nSPS) is 22.2. The molecule has 138 valence electrons. The van der Waals surface area contributed by atoms with Gasteiger partial charge < -0.3 is 14.4 Å². The van der Waals surface area contributed by atoms with Crippen molar-refractivity contribution in [1.29, 1.82) is 0 Å². The third kappa shape index (κ3) is 4.62. The van der Waals surface area contributed by atoms with Crippen molar-refractivity contribution in [3.8, 4) is 5.88 Å². The largest absolute Gasteiger partial charge is 0.477 e. The Morgan fingerprint density at radius 3 is 2.68 bits per heavy atom. The van der Waals surface area contributed by atoms with Gasteiger partial charge in [0.15, 0.2) is 0 Å². The van der Waals surface area contributed by atoms with Crippen LogP contribution in [0.1, 0.15) is 25.0 Å². The zero-order valence-electron chi connectivity index (χ0n) is 13.8. The van der Waals surface area contributed by atoms with E-state index in [1.54, 1.807) is 0 Å². The molecule has 2 aliphatic heterocycles. The van der Waals surface area contributed by atoms with Crippen molar-refractivity contribution in [3.63, 3.8) is 0 Å². The predicted molar refractivity (Wildman–Crippen MR) is 83.0 cm³/mol. The van der Waals surface area contributed by atoms with Crippen LogP contribution < -0.4 is 4.74 Å². The molecule has 2 fully saturated rings. The van der Waals surface area contributed by atoms with Crippen LogP contribution in [0.4, 0.5) is 13.2 Å². The second-order valence-electron chi connectivity index (χ2n) is 6.50. The Labute approximate surface area is 144 Å². The molecular weight excluding hydrogens is 337 g/mol. The van der Waals surface area contributed by atoms with Crippen LogP contribution in [0.3, 0.4) is 0 Å². The third-order valence-corrected chi connectivity index (χ3v) is 4.69. The number of ether oxygens (including phenoxy) is 2. The zero-order chi connectivity index (χ0) is 17.9.